The summed E-state index contributed by atoms with van der Waals surface area (Å²) in [6, 6.07) is 11.3. The van der Waals surface area contributed by atoms with Gasteiger partial charge in [0.25, 0.3) is 0 Å². The Morgan fingerprint density at radius 2 is 1.76 bits per heavy atom. The summed E-state index contributed by atoms with van der Waals surface area (Å²) in [5.41, 5.74) is 4.58. The number of nitrogens with one attached hydrogen (secondary N) is 1. The highest BCUT2D eigenvalue weighted by Crippen LogP contribution is 2.24. The quantitative estimate of drug-likeness (QED) is 0.845. The van der Waals surface area contributed by atoms with E-state index in [1.54, 1.807) is 11.0 Å². The van der Waals surface area contributed by atoms with Crippen LogP contribution in [0, 0.1) is 20.8 Å². The molecular formula is C20H23ClN2O2. The molecular weight excluding hydrogens is 336 g/mol. The number of amides is 2. The lowest BCUT2D eigenvalue weighted by Gasteiger charge is -2.23. The second-order valence-corrected chi connectivity index (χ2v) is 6.65. The average molecular weight is 359 g/mol. The minimum atomic E-state index is -0.119. The van der Waals surface area contributed by atoms with Crippen LogP contribution in [0.15, 0.2) is 36.4 Å². The van der Waals surface area contributed by atoms with Gasteiger partial charge in [-0.2, -0.15) is 0 Å². The first-order valence-corrected chi connectivity index (χ1v) is 8.57. The third-order valence-corrected chi connectivity index (χ3v) is 4.29. The number of hydrogen-bond acceptors (Lipinski definition) is 2. The Labute approximate surface area is 153 Å². The van der Waals surface area contributed by atoms with Crippen LogP contribution in [0.25, 0.3) is 0 Å². The summed E-state index contributed by atoms with van der Waals surface area (Å²) in [5, 5.41) is 3.55. The Balaban J connectivity index is 2.07. The fraction of sp³-hybridized carbons (Fsp3) is 0.300. The van der Waals surface area contributed by atoms with E-state index in [1.807, 2.05) is 51.1 Å². The molecule has 0 unspecified atom stereocenters. The highest BCUT2D eigenvalue weighted by molar-refractivity contribution is 6.30. The van der Waals surface area contributed by atoms with Gasteiger partial charge in [-0.25, -0.2) is 0 Å². The van der Waals surface area contributed by atoms with Crippen molar-refractivity contribution in [2.45, 2.75) is 34.1 Å². The topological polar surface area (TPSA) is 49.4 Å². The maximum atomic E-state index is 12.3. The molecule has 25 heavy (non-hydrogen) atoms. The van der Waals surface area contributed by atoms with Gasteiger partial charge in [0.1, 0.15) is 0 Å². The molecule has 0 saturated carbocycles. The van der Waals surface area contributed by atoms with E-state index >= 15 is 0 Å². The third kappa shape index (κ3) is 5.07. The van der Waals surface area contributed by atoms with Crippen molar-refractivity contribution < 1.29 is 9.59 Å². The molecule has 0 bridgehead atoms. The van der Waals surface area contributed by atoms with E-state index in [0.29, 0.717) is 11.6 Å². The molecule has 132 valence electrons. The number of carbonyl (C=O) groups excluding carboxylic acids is 2. The molecule has 2 aromatic rings. The molecule has 0 spiro atoms. The van der Waals surface area contributed by atoms with Gasteiger partial charge < -0.3 is 10.2 Å². The van der Waals surface area contributed by atoms with Gasteiger partial charge in [-0.1, -0.05) is 23.7 Å². The van der Waals surface area contributed by atoms with E-state index in [1.165, 1.54) is 6.92 Å². The van der Waals surface area contributed by atoms with Crippen LogP contribution in [0.4, 0.5) is 11.4 Å². The minimum Gasteiger partial charge on any atom is -0.326 e. The molecule has 4 nitrogen and oxygen atoms in total. The monoisotopic (exact) mass is 358 g/mol. The maximum Gasteiger partial charge on any atom is 0.226 e. The molecule has 0 aliphatic rings. The molecule has 2 amide bonds. The van der Waals surface area contributed by atoms with E-state index < -0.39 is 0 Å². The molecule has 0 heterocycles. The number of hydrogen-bond donors (Lipinski definition) is 1. The Morgan fingerprint density at radius 3 is 2.40 bits per heavy atom. The lowest BCUT2D eigenvalue weighted by atomic mass is 10.1. The van der Waals surface area contributed by atoms with Crippen LogP contribution in [0.5, 0.6) is 0 Å². The van der Waals surface area contributed by atoms with Gasteiger partial charge in [0.15, 0.2) is 0 Å². The largest absolute Gasteiger partial charge is 0.326 e. The number of halogens is 1. The van der Waals surface area contributed by atoms with Crippen molar-refractivity contribution in [1.82, 2.24) is 0 Å². The van der Waals surface area contributed by atoms with Gasteiger partial charge in [0.2, 0.25) is 11.8 Å². The Kier molecular flexibility index (Phi) is 6.21. The summed E-state index contributed by atoms with van der Waals surface area (Å²) < 4.78 is 0. The van der Waals surface area contributed by atoms with Crippen molar-refractivity contribution >= 4 is 34.8 Å². The van der Waals surface area contributed by atoms with Crippen LogP contribution in [0.1, 0.15) is 30.0 Å². The highest BCUT2D eigenvalue weighted by Gasteiger charge is 2.16. The molecule has 0 aromatic heterocycles. The van der Waals surface area contributed by atoms with Crippen LogP contribution < -0.4 is 10.2 Å². The Bertz CT molecular complexity index is 802. The predicted molar refractivity (Wildman–Crippen MR) is 103 cm³/mol. The summed E-state index contributed by atoms with van der Waals surface area (Å²) in [4.78, 5) is 25.9. The Hall–Kier alpha value is -2.33. The SMILES string of the molecule is CC(=O)N(CCC(=O)Nc1cc(C)ccc1C)c1ccc(Cl)cc1C. The maximum absolute atomic E-state index is 12.3. The zero-order chi connectivity index (χ0) is 18.6. The molecule has 0 radical (unpaired) electrons. The smallest absolute Gasteiger partial charge is 0.226 e. The van der Waals surface area contributed by atoms with Crippen LogP contribution in [0.3, 0.4) is 0 Å². The summed E-state index contributed by atoms with van der Waals surface area (Å²) in [7, 11) is 0. The fourth-order valence-corrected chi connectivity index (χ4v) is 2.89. The number of anilines is 2. The molecule has 1 N–H and O–H groups in total. The summed E-state index contributed by atoms with van der Waals surface area (Å²) in [5.74, 6) is -0.225. The van der Waals surface area contributed by atoms with Gasteiger partial charge in [0.05, 0.1) is 0 Å². The number of aryl methyl sites for hydroxylation is 3. The van der Waals surface area contributed by atoms with Crippen LogP contribution >= 0.6 is 11.6 Å². The van der Waals surface area contributed by atoms with E-state index in [-0.39, 0.29) is 18.2 Å². The first kappa shape index (κ1) is 19.0. The summed E-state index contributed by atoms with van der Waals surface area (Å²) >= 11 is 5.98. The van der Waals surface area contributed by atoms with Crippen molar-refractivity contribution in [3.63, 3.8) is 0 Å². The Morgan fingerprint density at radius 1 is 1.04 bits per heavy atom. The molecule has 0 fully saturated rings. The molecule has 0 atom stereocenters. The average Bonchev–Trinajstić information content (AvgIpc) is 2.52. The molecule has 0 aliphatic carbocycles. The molecule has 0 saturated heterocycles. The van der Waals surface area contributed by atoms with E-state index in [9.17, 15) is 9.59 Å². The fourth-order valence-electron chi connectivity index (χ4n) is 2.67. The van der Waals surface area contributed by atoms with Crippen molar-refractivity contribution in [1.29, 1.82) is 0 Å². The van der Waals surface area contributed by atoms with E-state index in [2.05, 4.69) is 5.32 Å². The van der Waals surface area contributed by atoms with Crippen molar-refractivity contribution in [3.8, 4) is 0 Å². The predicted octanol–water partition coefficient (Wildman–Crippen LogP) is 4.65. The first-order chi connectivity index (χ1) is 11.8. The van der Waals surface area contributed by atoms with Crippen molar-refractivity contribution in [2.75, 3.05) is 16.8 Å². The lowest BCUT2D eigenvalue weighted by Crippen LogP contribution is -2.32. The first-order valence-electron chi connectivity index (χ1n) is 8.19. The molecule has 0 aliphatic heterocycles. The molecule has 2 rings (SSSR count). The van der Waals surface area contributed by atoms with Gasteiger partial charge >= 0.3 is 0 Å². The standard InChI is InChI=1S/C20H23ClN2O2/c1-13-5-6-14(2)18(11-13)22-20(25)9-10-23(16(4)24)19-8-7-17(21)12-15(19)3/h5-8,11-12H,9-10H2,1-4H3,(H,22,25). The van der Waals surface area contributed by atoms with Gasteiger partial charge in [0, 0.05) is 36.3 Å². The van der Waals surface area contributed by atoms with Crippen LogP contribution in [-0.4, -0.2) is 18.4 Å². The van der Waals surface area contributed by atoms with Crippen molar-refractivity contribution in [2.24, 2.45) is 0 Å². The highest BCUT2D eigenvalue weighted by atomic mass is 35.5. The van der Waals surface area contributed by atoms with Gasteiger partial charge in [-0.15, -0.1) is 0 Å². The number of benzene rings is 2. The second-order valence-electron chi connectivity index (χ2n) is 6.22. The van der Waals surface area contributed by atoms with Gasteiger partial charge in [-0.05, 0) is 61.7 Å². The zero-order valence-corrected chi connectivity index (χ0v) is 15.8. The third-order valence-electron chi connectivity index (χ3n) is 4.06. The number of rotatable bonds is 5. The van der Waals surface area contributed by atoms with Crippen LogP contribution in [0.2, 0.25) is 5.02 Å². The molecule has 2 aromatic carbocycles. The van der Waals surface area contributed by atoms with E-state index in [4.69, 9.17) is 11.6 Å². The molecule has 5 heteroatoms. The minimum absolute atomic E-state index is 0.107. The second kappa shape index (κ2) is 8.17. The number of nitrogens with zero attached hydrogens (tertiary/aromatic N) is 1. The van der Waals surface area contributed by atoms with Crippen LogP contribution in [-0.2, 0) is 9.59 Å². The lowest BCUT2D eigenvalue weighted by molar-refractivity contribution is -0.117. The van der Waals surface area contributed by atoms with Crippen molar-refractivity contribution in [3.05, 3.63) is 58.1 Å². The normalized spacial score (nSPS) is 10.4. The van der Waals surface area contributed by atoms with E-state index in [0.717, 1.165) is 28.1 Å². The van der Waals surface area contributed by atoms with Gasteiger partial charge in [-0.3, -0.25) is 9.59 Å². The summed E-state index contributed by atoms with van der Waals surface area (Å²) in [6.07, 6.45) is 0.217. The number of carbonyl (C=O) groups is 2. The summed E-state index contributed by atoms with van der Waals surface area (Å²) in [6.45, 7) is 7.64. The zero-order valence-electron chi connectivity index (χ0n) is 15.0.